The molecule has 0 saturated heterocycles. The summed E-state index contributed by atoms with van der Waals surface area (Å²) in [6.45, 7) is 7.16. The number of ether oxygens (including phenoxy) is 4. The molecule has 0 spiro atoms. The lowest BCUT2D eigenvalue weighted by Gasteiger charge is -2.24. The highest BCUT2D eigenvalue weighted by molar-refractivity contribution is 7.08. The molecule has 0 aliphatic heterocycles. The maximum absolute atomic E-state index is 14.0. The number of hydrogen-bond acceptors (Lipinski definition) is 10. The zero-order valence-electron chi connectivity index (χ0n) is 22.3. The van der Waals surface area contributed by atoms with Gasteiger partial charge < -0.3 is 29.6 Å². The summed E-state index contributed by atoms with van der Waals surface area (Å²) in [6.07, 6.45) is 0.262. The summed E-state index contributed by atoms with van der Waals surface area (Å²) in [4.78, 5) is 30.4. The Labute approximate surface area is 224 Å². The minimum absolute atomic E-state index is 0.0891. The Bertz CT molecular complexity index is 1320. The minimum atomic E-state index is -0.778. The topological polar surface area (TPSA) is 126 Å². The molecule has 0 bridgehead atoms. The van der Waals surface area contributed by atoms with Crippen LogP contribution >= 0.6 is 11.5 Å². The monoisotopic (exact) mass is 546 g/mol. The van der Waals surface area contributed by atoms with E-state index < -0.39 is 29.6 Å². The number of nitrogens with two attached hydrogens (primary N) is 1. The fraction of sp³-hybridized carbons (Fsp3) is 0.385. The second-order valence-corrected chi connectivity index (χ2v) is 10.2. The number of anilines is 1. The average Bonchev–Trinajstić information content (AvgIpc) is 3.26. The Morgan fingerprint density at radius 2 is 1.92 bits per heavy atom. The molecule has 1 atom stereocenters. The fourth-order valence-electron chi connectivity index (χ4n) is 3.57. The molecule has 204 valence electrons. The standard InChI is InChI=1S/C26H31FN4O6S/c1-14(18-11-16(27)8-9-17(18)23(32)34-6)36-20-10-15(12-29-22(20)28)21-19(30-38-24(21)35-7)13-31(5)25(33)37-26(2,3)4/h8-12,14H,13H2,1-7H3,(H2,28,29)/t14-/m1/s1. The molecule has 0 fully saturated rings. The van der Waals surface area contributed by atoms with Gasteiger partial charge >= 0.3 is 12.1 Å². The predicted molar refractivity (Wildman–Crippen MR) is 141 cm³/mol. The van der Waals surface area contributed by atoms with Crippen LogP contribution in [-0.4, -0.2) is 53.2 Å². The van der Waals surface area contributed by atoms with E-state index in [1.807, 2.05) is 0 Å². The molecule has 1 aromatic carbocycles. The molecule has 38 heavy (non-hydrogen) atoms. The normalized spacial score (nSPS) is 12.0. The lowest BCUT2D eigenvalue weighted by atomic mass is 10.0. The number of halogens is 1. The molecule has 2 aromatic heterocycles. The molecule has 2 heterocycles. The molecule has 1 amide bonds. The first-order chi connectivity index (χ1) is 17.8. The largest absolute Gasteiger partial charge is 0.486 e. The van der Waals surface area contributed by atoms with Crippen LogP contribution in [0.5, 0.6) is 10.8 Å². The lowest BCUT2D eigenvalue weighted by Crippen LogP contribution is -2.34. The number of amides is 1. The zero-order chi connectivity index (χ0) is 28.2. The molecule has 0 aliphatic rings. The van der Waals surface area contributed by atoms with Crippen molar-refractivity contribution in [3.63, 3.8) is 0 Å². The number of esters is 1. The average molecular weight is 547 g/mol. The van der Waals surface area contributed by atoms with E-state index in [1.54, 1.807) is 40.8 Å². The molecule has 0 aliphatic carbocycles. The van der Waals surface area contributed by atoms with Crippen molar-refractivity contribution < 1.29 is 32.9 Å². The molecule has 2 N–H and O–H groups in total. The van der Waals surface area contributed by atoms with Gasteiger partial charge in [-0.15, -0.1) is 0 Å². The Hall–Kier alpha value is -3.93. The second kappa shape index (κ2) is 11.6. The highest BCUT2D eigenvalue weighted by Gasteiger charge is 2.25. The number of pyridine rings is 1. The van der Waals surface area contributed by atoms with Gasteiger partial charge in [-0.05, 0) is 52.0 Å². The highest BCUT2D eigenvalue weighted by atomic mass is 32.1. The van der Waals surface area contributed by atoms with Crippen molar-refractivity contribution in [2.75, 3.05) is 27.0 Å². The first kappa shape index (κ1) is 28.6. The van der Waals surface area contributed by atoms with Crippen LogP contribution in [0.2, 0.25) is 0 Å². The Balaban J connectivity index is 1.94. The van der Waals surface area contributed by atoms with Crippen LogP contribution in [0.4, 0.5) is 15.0 Å². The van der Waals surface area contributed by atoms with Crippen molar-refractivity contribution in [3.05, 3.63) is 53.1 Å². The van der Waals surface area contributed by atoms with Crippen LogP contribution in [0.3, 0.4) is 0 Å². The summed E-state index contributed by atoms with van der Waals surface area (Å²) >= 11 is 1.12. The predicted octanol–water partition coefficient (Wildman–Crippen LogP) is 5.23. The van der Waals surface area contributed by atoms with Gasteiger partial charge in [-0.1, -0.05) is 0 Å². The number of nitrogen functional groups attached to an aromatic ring is 1. The Morgan fingerprint density at radius 1 is 1.21 bits per heavy atom. The number of carbonyl (C=O) groups excluding carboxylic acids is 2. The van der Waals surface area contributed by atoms with Crippen LogP contribution in [0, 0.1) is 5.82 Å². The smallest absolute Gasteiger partial charge is 0.410 e. The molecule has 3 aromatic rings. The van der Waals surface area contributed by atoms with Crippen molar-refractivity contribution >= 4 is 29.4 Å². The van der Waals surface area contributed by atoms with Gasteiger partial charge in [-0.2, -0.15) is 4.37 Å². The van der Waals surface area contributed by atoms with E-state index in [2.05, 4.69) is 9.36 Å². The van der Waals surface area contributed by atoms with Crippen molar-refractivity contribution in [1.29, 1.82) is 0 Å². The van der Waals surface area contributed by atoms with E-state index in [0.29, 0.717) is 21.9 Å². The van der Waals surface area contributed by atoms with E-state index in [4.69, 9.17) is 24.7 Å². The number of methoxy groups -OCH3 is 2. The van der Waals surface area contributed by atoms with Crippen LogP contribution < -0.4 is 15.2 Å². The molecule has 10 nitrogen and oxygen atoms in total. The first-order valence-electron chi connectivity index (χ1n) is 11.6. The maximum Gasteiger partial charge on any atom is 0.410 e. The van der Waals surface area contributed by atoms with Gasteiger partial charge in [-0.3, -0.25) is 0 Å². The number of nitrogens with zero attached hydrogens (tertiary/aromatic N) is 3. The number of aromatic nitrogens is 2. The van der Waals surface area contributed by atoms with E-state index in [1.165, 1.54) is 43.5 Å². The summed E-state index contributed by atoms with van der Waals surface area (Å²) in [6, 6.07) is 5.37. The van der Waals surface area contributed by atoms with Crippen LogP contribution in [0.15, 0.2) is 30.5 Å². The molecule has 3 rings (SSSR count). The van der Waals surface area contributed by atoms with E-state index in [9.17, 15) is 14.0 Å². The molecular formula is C26H31FN4O6S. The molecular weight excluding hydrogens is 515 g/mol. The fourth-order valence-corrected chi connectivity index (χ4v) is 4.32. The molecule has 0 unspecified atom stereocenters. The van der Waals surface area contributed by atoms with Gasteiger partial charge in [-0.25, -0.2) is 19.0 Å². The lowest BCUT2D eigenvalue weighted by molar-refractivity contribution is 0.0283. The van der Waals surface area contributed by atoms with E-state index in [0.717, 1.165) is 11.5 Å². The zero-order valence-corrected chi connectivity index (χ0v) is 23.1. The van der Waals surface area contributed by atoms with Gasteiger partial charge in [0.25, 0.3) is 0 Å². The second-order valence-electron chi connectivity index (χ2n) is 9.42. The summed E-state index contributed by atoms with van der Waals surface area (Å²) in [5.41, 5.74) is 7.65. The van der Waals surface area contributed by atoms with Crippen LogP contribution in [0.1, 0.15) is 55.4 Å². The highest BCUT2D eigenvalue weighted by Crippen LogP contribution is 2.40. The SMILES string of the molecule is COC(=O)c1ccc(F)cc1[C@@H](C)Oc1cc(-c2c(CN(C)C(=O)OC(C)(C)C)nsc2OC)cnc1N. The van der Waals surface area contributed by atoms with Gasteiger partial charge in [0.1, 0.15) is 17.5 Å². The van der Waals surface area contributed by atoms with Gasteiger partial charge in [0.05, 0.1) is 37.6 Å². The number of hydrogen-bond donors (Lipinski definition) is 1. The van der Waals surface area contributed by atoms with Gasteiger partial charge in [0.15, 0.2) is 11.6 Å². The van der Waals surface area contributed by atoms with Crippen molar-refractivity contribution in [2.45, 2.75) is 45.9 Å². The minimum Gasteiger partial charge on any atom is -0.486 e. The van der Waals surface area contributed by atoms with Crippen molar-refractivity contribution in [3.8, 4) is 21.9 Å². The van der Waals surface area contributed by atoms with Gasteiger partial charge in [0.2, 0.25) is 5.06 Å². The van der Waals surface area contributed by atoms with Crippen LogP contribution in [0.25, 0.3) is 11.1 Å². The Kier molecular flexibility index (Phi) is 8.77. The summed E-state index contributed by atoms with van der Waals surface area (Å²) in [5, 5.41) is 0.501. The quantitative estimate of drug-likeness (QED) is 0.378. The number of carbonyl (C=O) groups is 2. The van der Waals surface area contributed by atoms with Crippen molar-refractivity contribution in [1.82, 2.24) is 14.3 Å². The first-order valence-corrected chi connectivity index (χ1v) is 12.4. The number of benzene rings is 1. The summed E-state index contributed by atoms with van der Waals surface area (Å²) in [5.74, 6) is -0.861. The maximum atomic E-state index is 14.0. The van der Waals surface area contributed by atoms with Gasteiger partial charge in [0, 0.05) is 35.9 Å². The number of rotatable bonds is 8. The molecule has 0 radical (unpaired) electrons. The van der Waals surface area contributed by atoms with E-state index >= 15 is 0 Å². The summed E-state index contributed by atoms with van der Waals surface area (Å²) < 4.78 is 40.3. The molecule has 12 heteroatoms. The molecule has 0 saturated carbocycles. The summed E-state index contributed by atoms with van der Waals surface area (Å²) in [7, 11) is 4.37. The third-order valence-electron chi connectivity index (χ3n) is 5.34. The Morgan fingerprint density at radius 3 is 2.55 bits per heavy atom. The third kappa shape index (κ3) is 6.68. The van der Waals surface area contributed by atoms with Crippen molar-refractivity contribution in [2.24, 2.45) is 0 Å². The third-order valence-corrected chi connectivity index (χ3v) is 6.19. The van der Waals surface area contributed by atoms with E-state index in [-0.39, 0.29) is 29.2 Å². The van der Waals surface area contributed by atoms with Crippen LogP contribution in [-0.2, 0) is 16.0 Å².